The van der Waals surface area contributed by atoms with Crippen LogP contribution in [0.5, 0.6) is 0 Å². The van der Waals surface area contributed by atoms with E-state index in [0.717, 1.165) is 12.8 Å². The Morgan fingerprint density at radius 1 is 1.58 bits per heavy atom. The maximum Gasteiger partial charge on any atom is 0.258 e. The number of aliphatic hydroxyl groups excluding tert-OH is 1. The third-order valence-corrected chi connectivity index (χ3v) is 3.62. The van der Waals surface area contributed by atoms with Crippen LogP contribution in [-0.4, -0.2) is 44.7 Å². The zero-order chi connectivity index (χ0) is 13.4. The monoisotopic (exact) mass is 260 g/mol. The van der Waals surface area contributed by atoms with E-state index in [1.54, 1.807) is 33.9 Å². The highest BCUT2D eigenvalue weighted by atomic mass is 16.3. The summed E-state index contributed by atoms with van der Waals surface area (Å²) in [5.41, 5.74) is 7.59. The van der Waals surface area contributed by atoms with Crippen molar-refractivity contribution in [1.82, 2.24) is 14.5 Å². The molecule has 0 aromatic carbocycles. The van der Waals surface area contributed by atoms with Gasteiger partial charge in [0.2, 0.25) is 0 Å². The van der Waals surface area contributed by atoms with E-state index in [9.17, 15) is 9.90 Å². The van der Waals surface area contributed by atoms with Gasteiger partial charge < -0.3 is 15.7 Å². The number of amides is 1. The van der Waals surface area contributed by atoms with Crippen LogP contribution in [0.2, 0.25) is 0 Å². The van der Waals surface area contributed by atoms with Gasteiger partial charge in [0.1, 0.15) is 0 Å². The lowest BCUT2D eigenvalue weighted by Crippen LogP contribution is -2.37. The maximum atomic E-state index is 12.5. The summed E-state index contributed by atoms with van der Waals surface area (Å²) in [4.78, 5) is 14.2. The topological polar surface area (TPSA) is 83.9 Å². The SMILES string of the molecule is Nc1ccn2ncc(C(=O)N3CCC[C@H]3CO)c2c1. The zero-order valence-corrected chi connectivity index (χ0v) is 10.5. The third kappa shape index (κ3) is 1.94. The summed E-state index contributed by atoms with van der Waals surface area (Å²) in [6.45, 7) is 0.691. The molecule has 1 saturated heterocycles. The highest BCUT2D eigenvalue weighted by Gasteiger charge is 2.30. The molecule has 1 fully saturated rings. The van der Waals surface area contributed by atoms with E-state index in [4.69, 9.17) is 5.73 Å². The highest BCUT2D eigenvalue weighted by Crippen LogP contribution is 2.22. The fourth-order valence-electron chi connectivity index (χ4n) is 2.61. The van der Waals surface area contributed by atoms with Gasteiger partial charge in [-0.15, -0.1) is 0 Å². The van der Waals surface area contributed by atoms with Crippen molar-refractivity contribution in [2.75, 3.05) is 18.9 Å². The first-order valence-electron chi connectivity index (χ1n) is 6.35. The molecule has 0 saturated carbocycles. The number of aliphatic hydroxyl groups is 1. The van der Waals surface area contributed by atoms with Crippen LogP contribution in [0.4, 0.5) is 5.69 Å². The molecule has 6 nitrogen and oxygen atoms in total. The molecule has 2 aromatic rings. The molecule has 0 spiro atoms. The fourth-order valence-corrected chi connectivity index (χ4v) is 2.61. The van der Waals surface area contributed by atoms with Crippen LogP contribution in [0.3, 0.4) is 0 Å². The van der Waals surface area contributed by atoms with Crippen LogP contribution >= 0.6 is 0 Å². The smallest absolute Gasteiger partial charge is 0.258 e. The van der Waals surface area contributed by atoms with Crippen LogP contribution in [0.1, 0.15) is 23.2 Å². The molecule has 3 rings (SSSR count). The highest BCUT2D eigenvalue weighted by molar-refractivity contribution is 6.01. The minimum atomic E-state index is -0.0860. The predicted molar refractivity (Wildman–Crippen MR) is 70.7 cm³/mol. The Morgan fingerprint density at radius 3 is 3.21 bits per heavy atom. The summed E-state index contributed by atoms with van der Waals surface area (Å²) < 4.78 is 1.63. The Hall–Kier alpha value is -2.08. The average molecular weight is 260 g/mol. The van der Waals surface area contributed by atoms with E-state index in [1.807, 2.05) is 0 Å². The predicted octanol–water partition coefficient (Wildman–Crippen LogP) is 0.513. The minimum absolute atomic E-state index is 0.00704. The first kappa shape index (κ1) is 12.0. The quantitative estimate of drug-likeness (QED) is 0.824. The van der Waals surface area contributed by atoms with Crippen molar-refractivity contribution in [3.8, 4) is 0 Å². The average Bonchev–Trinajstić information content (AvgIpc) is 3.03. The lowest BCUT2D eigenvalue weighted by atomic mass is 10.2. The number of aromatic nitrogens is 2. The summed E-state index contributed by atoms with van der Waals surface area (Å²) in [6, 6.07) is 3.40. The van der Waals surface area contributed by atoms with Crippen LogP contribution < -0.4 is 5.73 Å². The molecule has 3 heterocycles. The van der Waals surface area contributed by atoms with Crippen LogP contribution in [0.15, 0.2) is 24.5 Å². The summed E-state index contributed by atoms with van der Waals surface area (Å²) in [5.74, 6) is -0.0860. The van der Waals surface area contributed by atoms with Crippen molar-refractivity contribution in [3.05, 3.63) is 30.1 Å². The van der Waals surface area contributed by atoms with Crippen LogP contribution in [-0.2, 0) is 0 Å². The van der Waals surface area contributed by atoms with Crippen molar-refractivity contribution in [2.45, 2.75) is 18.9 Å². The number of nitrogen functional groups attached to an aromatic ring is 1. The number of hydrogen-bond acceptors (Lipinski definition) is 4. The molecule has 0 bridgehead atoms. The van der Waals surface area contributed by atoms with Gasteiger partial charge in [-0.2, -0.15) is 5.10 Å². The van der Waals surface area contributed by atoms with Gasteiger partial charge in [-0.3, -0.25) is 4.79 Å². The number of nitrogens with zero attached hydrogens (tertiary/aromatic N) is 3. The van der Waals surface area contributed by atoms with Crippen molar-refractivity contribution >= 4 is 17.1 Å². The number of fused-ring (bicyclic) bond motifs is 1. The van der Waals surface area contributed by atoms with Crippen LogP contribution in [0.25, 0.3) is 5.52 Å². The molecule has 19 heavy (non-hydrogen) atoms. The van der Waals surface area contributed by atoms with Crippen molar-refractivity contribution in [2.24, 2.45) is 0 Å². The lowest BCUT2D eigenvalue weighted by Gasteiger charge is -2.22. The van der Waals surface area contributed by atoms with Gasteiger partial charge in [-0.05, 0) is 25.0 Å². The number of carbonyl (C=O) groups excluding carboxylic acids is 1. The zero-order valence-electron chi connectivity index (χ0n) is 10.5. The van der Waals surface area contributed by atoms with Gasteiger partial charge in [0.25, 0.3) is 5.91 Å². The molecule has 0 aliphatic carbocycles. The van der Waals surface area contributed by atoms with Crippen molar-refractivity contribution in [3.63, 3.8) is 0 Å². The second-order valence-electron chi connectivity index (χ2n) is 4.83. The number of likely N-dealkylation sites (tertiary alicyclic amines) is 1. The van der Waals surface area contributed by atoms with E-state index < -0.39 is 0 Å². The molecule has 6 heteroatoms. The lowest BCUT2D eigenvalue weighted by molar-refractivity contribution is 0.0679. The van der Waals surface area contributed by atoms with E-state index >= 15 is 0 Å². The molecular weight excluding hydrogens is 244 g/mol. The molecule has 3 N–H and O–H groups in total. The standard InChI is InChI=1S/C13H16N4O2/c14-9-3-5-17-12(6-9)11(7-15-17)13(19)16-4-1-2-10(16)8-18/h3,5-7,10,18H,1-2,4,8,14H2/t10-/m0/s1. The van der Waals surface area contributed by atoms with E-state index in [0.29, 0.717) is 23.3 Å². The molecule has 1 aliphatic rings. The molecular formula is C13H16N4O2. The van der Waals surface area contributed by atoms with Gasteiger partial charge >= 0.3 is 0 Å². The van der Waals surface area contributed by atoms with Crippen LogP contribution in [0, 0.1) is 0 Å². The summed E-state index contributed by atoms with van der Waals surface area (Å²) in [5, 5.41) is 13.5. The van der Waals surface area contributed by atoms with E-state index in [2.05, 4.69) is 5.10 Å². The fraction of sp³-hybridized carbons (Fsp3) is 0.385. The number of rotatable bonds is 2. The normalized spacial score (nSPS) is 19.2. The molecule has 1 aliphatic heterocycles. The molecule has 1 amide bonds. The number of pyridine rings is 1. The van der Waals surface area contributed by atoms with Gasteiger partial charge in [0.15, 0.2) is 0 Å². The van der Waals surface area contributed by atoms with Gasteiger partial charge in [-0.25, -0.2) is 4.52 Å². The first-order valence-corrected chi connectivity index (χ1v) is 6.35. The Labute approximate surface area is 110 Å². The molecule has 0 unspecified atom stereocenters. The maximum absolute atomic E-state index is 12.5. The van der Waals surface area contributed by atoms with Gasteiger partial charge in [0.05, 0.1) is 29.9 Å². The molecule has 100 valence electrons. The van der Waals surface area contributed by atoms with Crippen molar-refractivity contribution < 1.29 is 9.90 Å². The number of carbonyl (C=O) groups is 1. The molecule has 2 aromatic heterocycles. The summed E-state index contributed by atoms with van der Waals surface area (Å²) in [6.07, 6.45) is 5.07. The van der Waals surface area contributed by atoms with E-state index in [-0.39, 0.29) is 18.6 Å². The Morgan fingerprint density at radius 2 is 2.42 bits per heavy atom. The van der Waals surface area contributed by atoms with Gasteiger partial charge in [0, 0.05) is 18.4 Å². The largest absolute Gasteiger partial charge is 0.399 e. The Bertz CT molecular complexity index is 622. The number of nitrogens with two attached hydrogens (primary N) is 1. The second kappa shape index (κ2) is 4.55. The third-order valence-electron chi connectivity index (χ3n) is 3.62. The first-order chi connectivity index (χ1) is 9.20. The Kier molecular flexibility index (Phi) is 2.87. The van der Waals surface area contributed by atoms with E-state index in [1.165, 1.54) is 0 Å². The summed E-state index contributed by atoms with van der Waals surface area (Å²) in [7, 11) is 0. The minimum Gasteiger partial charge on any atom is -0.399 e. The molecule has 0 radical (unpaired) electrons. The summed E-state index contributed by atoms with van der Waals surface area (Å²) >= 11 is 0. The number of anilines is 1. The van der Waals surface area contributed by atoms with Gasteiger partial charge in [-0.1, -0.05) is 0 Å². The second-order valence-corrected chi connectivity index (χ2v) is 4.83. The number of hydrogen-bond donors (Lipinski definition) is 2. The molecule has 1 atom stereocenters. The van der Waals surface area contributed by atoms with Crippen molar-refractivity contribution in [1.29, 1.82) is 0 Å². The Balaban J connectivity index is 1.99.